The minimum Gasteiger partial charge on any atom is -0.338 e. The Labute approximate surface area is 152 Å². The fraction of sp³-hybridized carbons (Fsp3) is 0.250. The molecule has 0 unspecified atom stereocenters. The van der Waals surface area contributed by atoms with Crippen molar-refractivity contribution in [3.05, 3.63) is 72.6 Å². The topological polar surface area (TPSA) is 45.2 Å². The van der Waals surface area contributed by atoms with Crippen LogP contribution in [0.25, 0.3) is 11.1 Å². The van der Waals surface area contributed by atoms with E-state index in [9.17, 15) is 4.39 Å². The lowest BCUT2D eigenvalue weighted by atomic mass is 10.1. The molecular weight excluding hydrogens is 329 g/mol. The molecule has 0 amide bonds. The fourth-order valence-electron chi connectivity index (χ4n) is 3.19. The van der Waals surface area contributed by atoms with E-state index in [-0.39, 0.29) is 5.82 Å². The zero-order valence-corrected chi connectivity index (χ0v) is 14.4. The van der Waals surface area contributed by atoms with Crippen molar-refractivity contribution in [3.63, 3.8) is 0 Å². The molecule has 3 heterocycles. The summed E-state index contributed by atoms with van der Waals surface area (Å²) in [5, 5.41) is 0. The summed E-state index contributed by atoms with van der Waals surface area (Å²) in [5.74, 6) is 0.574. The lowest BCUT2D eigenvalue weighted by molar-refractivity contribution is 0.248. The number of hydrogen-bond donors (Lipinski definition) is 0. The van der Waals surface area contributed by atoms with Crippen LogP contribution in [0.1, 0.15) is 5.56 Å². The highest BCUT2D eigenvalue weighted by Crippen LogP contribution is 2.21. The van der Waals surface area contributed by atoms with E-state index in [2.05, 4.69) is 30.8 Å². The first-order valence-electron chi connectivity index (χ1n) is 8.72. The van der Waals surface area contributed by atoms with E-state index in [1.54, 1.807) is 24.5 Å². The maximum atomic E-state index is 13.1. The van der Waals surface area contributed by atoms with E-state index in [1.807, 2.05) is 18.5 Å². The molecular formula is C20H20FN5. The molecule has 0 atom stereocenters. The quantitative estimate of drug-likeness (QED) is 0.725. The number of rotatable bonds is 4. The van der Waals surface area contributed by atoms with Crippen molar-refractivity contribution >= 4 is 5.95 Å². The molecule has 1 aromatic carbocycles. The monoisotopic (exact) mass is 349 g/mol. The smallest absolute Gasteiger partial charge is 0.225 e. The Morgan fingerprint density at radius 2 is 1.62 bits per heavy atom. The first-order chi connectivity index (χ1) is 12.8. The number of benzene rings is 1. The second-order valence-corrected chi connectivity index (χ2v) is 6.40. The van der Waals surface area contributed by atoms with Crippen molar-refractivity contribution in [1.29, 1.82) is 0 Å². The number of piperazine rings is 1. The van der Waals surface area contributed by atoms with Gasteiger partial charge in [-0.1, -0.05) is 12.1 Å². The normalized spacial score (nSPS) is 15.2. The Bertz CT molecular complexity index is 846. The third-order valence-electron chi connectivity index (χ3n) is 4.59. The summed E-state index contributed by atoms with van der Waals surface area (Å²) in [6.45, 7) is 4.59. The molecule has 5 nitrogen and oxygen atoms in total. The Kier molecular flexibility index (Phi) is 4.84. The van der Waals surface area contributed by atoms with Crippen LogP contribution in [0.5, 0.6) is 0 Å². The van der Waals surface area contributed by atoms with E-state index in [4.69, 9.17) is 0 Å². The number of pyridine rings is 1. The molecule has 132 valence electrons. The van der Waals surface area contributed by atoms with E-state index in [0.717, 1.165) is 55.4 Å². The third kappa shape index (κ3) is 3.86. The molecule has 3 aromatic rings. The van der Waals surface area contributed by atoms with Gasteiger partial charge in [-0.2, -0.15) is 0 Å². The number of halogens is 1. The third-order valence-corrected chi connectivity index (χ3v) is 4.59. The van der Waals surface area contributed by atoms with Crippen LogP contribution >= 0.6 is 0 Å². The maximum Gasteiger partial charge on any atom is 0.225 e. The first-order valence-corrected chi connectivity index (χ1v) is 8.72. The molecule has 0 radical (unpaired) electrons. The Morgan fingerprint density at radius 1 is 0.885 bits per heavy atom. The summed E-state index contributed by atoms with van der Waals surface area (Å²) >= 11 is 0. The van der Waals surface area contributed by atoms with Crippen molar-refractivity contribution in [2.45, 2.75) is 6.54 Å². The zero-order chi connectivity index (χ0) is 17.8. The molecule has 4 rings (SSSR count). The summed E-state index contributed by atoms with van der Waals surface area (Å²) in [7, 11) is 0. The molecule has 0 spiro atoms. The van der Waals surface area contributed by atoms with Crippen LogP contribution in [0.2, 0.25) is 0 Å². The van der Waals surface area contributed by atoms with E-state index >= 15 is 0 Å². The van der Waals surface area contributed by atoms with Gasteiger partial charge < -0.3 is 4.90 Å². The van der Waals surface area contributed by atoms with Gasteiger partial charge in [-0.15, -0.1) is 0 Å². The zero-order valence-electron chi connectivity index (χ0n) is 14.4. The van der Waals surface area contributed by atoms with Gasteiger partial charge >= 0.3 is 0 Å². The molecule has 1 saturated heterocycles. The highest BCUT2D eigenvalue weighted by Gasteiger charge is 2.18. The van der Waals surface area contributed by atoms with Gasteiger partial charge in [-0.25, -0.2) is 14.4 Å². The number of aromatic nitrogens is 3. The molecule has 2 aromatic heterocycles. The van der Waals surface area contributed by atoms with Crippen LogP contribution in [0.4, 0.5) is 10.3 Å². The van der Waals surface area contributed by atoms with E-state index in [1.165, 1.54) is 12.1 Å². The van der Waals surface area contributed by atoms with Crippen LogP contribution < -0.4 is 4.90 Å². The molecule has 0 saturated carbocycles. The number of anilines is 1. The first kappa shape index (κ1) is 16.6. The highest BCUT2D eigenvalue weighted by atomic mass is 19.1. The maximum absolute atomic E-state index is 13.1. The summed E-state index contributed by atoms with van der Waals surface area (Å²) in [6.07, 6.45) is 7.28. The molecule has 1 fully saturated rings. The van der Waals surface area contributed by atoms with Crippen LogP contribution in [0, 0.1) is 5.82 Å². The van der Waals surface area contributed by atoms with Crippen LogP contribution in [-0.4, -0.2) is 46.0 Å². The van der Waals surface area contributed by atoms with Crippen molar-refractivity contribution in [1.82, 2.24) is 19.9 Å². The lowest BCUT2D eigenvalue weighted by Gasteiger charge is -2.34. The van der Waals surface area contributed by atoms with Crippen LogP contribution in [0.15, 0.2) is 61.2 Å². The second-order valence-electron chi connectivity index (χ2n) is 6.40. The largest absolute Gasteiger partial charge is 0.338 e. The molecule has 0 bridgehead atoms. The van der Waals surface area contributed by atoms with Gasteiger partial charge in [0.25, 0.3) is 0 Å². The summed E-state index contributed by atoms with van der Waals surface area (Å²) < 4.78 is 13.1. The standard InChI is InChI=1S/C20H20FN5/c21-19-4-2-17(3-5-19)18-12-16(13-22-14-18)15-25-8-10-26(11-9-25)20-23-6-1-7-24-20/h1-7,12-14H,8-11,15H2. The minimum atomic E-state index is -0.224. The predicted octanol–water partition coefficient (Wildman–Crippen LogP) is 3.00. The Hall–Kier alpha value is -2.86. The summed E-state index contributed by atoms with van der Waals surface area (Å²) in [6, 6.07) is 10.5. The fourth-order valence-corrected chi connectivity index (χ4v) is 3.19. The van der Waals surface area contributed by atoms with E-state index in [0.29, 0.717) is 0 Å². The van der Waals surface area contributed by atoms with Crippen LogP contribution in [-0.2, 0) is 6.54 Å². The Morgan fingerprint density at radius 3 is 2.35 bits per heavy atom. The number of hydrogen-bond acceptors (Lipinski definition) is 5. The average Bonchev–Trinajstić information content (AvgIpc) is 2.70. The predicted molar refractivity (Wildman–Crippen MR) is 99.2 cm³/mol. The molecule has 26 heavy (non-hydrogen) atoms. The van der Waals surface area contributed by atoms with Gasteiger partial charge in [0.15, 0.2) is 0 Å². The summed E-state index contributed by atoms with van der Waals surface area (Å²) in [4.78, 5) is 17.6. The van der Waals surface area contributed by atoms with Crippen molar-refractivity contribution in [3.8, 4) is 11.1 Å². The van der Waals surface area contributed by atoms with Gasteiger partial charge in [0.05, 0.1) is 0 Å². The van der Waals surface area contributed by atoms with Gasteiger partial charge in [-0.05, 0) is 35.4 Å². The van der Waals surface area contributed by atoms with Crippen LogP contribution in [0.3, 0.4) is 0 Å². The van der Waals surface area contributed by atoms with E-state index < -0.39 is 0 Å². The number of nitrogens with zero attached hydrogens (tertiary/aromatic N) is 5. The van der Waals surface area contributed by atoms with Gasteiger partial charge in [0.1, 0.15) is 5.82 Å². The molecule has 1 aliphatic rings. The molecule has 0 N–H and O–H groups in total. The lowest BCUT2D eigenvalue weighted by Crippen LogP contribution is -2.46. The molecule has 1 aliphatic heterocycles. The average molecular weight is 349 g/mol. The Balaban J connectivity index is 1.39. The SMILES string of the molecule is Fc1ccc(-c2cncc(CN3CCN(c4ncccn4)CC3)c2)cc1. The molecule has 6 heteroatoms. The van der Waals surface area contributed by atoms with Crippen molar-refractivity contribution < 1.29 is 4.39 Å². The minimum absolute atomic E-state index is 0.224. The summed E-state index contributed by atoms with van der Waals surface area (Å²) in [5.41, 5.74) is 3.15. The van der Waals surface area contributed by atoms with Crippen molar-refractivity contribution in [2.75, 3.05) is 31.1 Å². The van der Waals surface area contributed by atoms with Gasteiger partial charge in [0.2, 0.25) is 5.95 Å². The van der Waals surface area contributed by atoms with Gasteiger partial charge in [-0.3, -0.25) is 9.88 Å². The molecule has 0 aliphatic carbocycles. The second kappa shape index (κ2) is 7.58. The van der Waals surface area contributed by atoms with Crippen molar-refractivity contribution in [2.24, 2.45) is 0 Å². The van der Waals surface area contributed by atoms with Gasteiger partial charge in [0, 0.05) is 63.1 Å². The highest BCUT2D eigenvalue weighted by molar-refractivity contribution is 5.62.